The van der Waals surface area contributed by atoms with E-state index in [1.807, 2.05) is 0 Å². The highest BCUT2D eigenvalue weighted by Crippen LogP contribution is 2.37. The molecule has 106 valence electrons. The Morgan fingerprint density at radius 1 is 1.06 bits per heavy atom. The van der Waals surface area contributed by atoms with Crippen molar-refractivity contribution in [2.75, 3.05) is 11.5 Å². The monoisotopic (exact) mass is 292 g/mol. The minimum Gasteiger partial charge on any atom is -0.370 e. The zero-order chi connectivity index (χ0) is 14.0. The molecular formula is C12H24N2O2S2. The number of carbonyl (C=O) groups excluding carboxylic acids is 2. The predicted octanol–water partition coefficient (Wildman–Crippen LogP) is 2.32. The molecule has 0 spiro atoms. The van der Waals surface area contributed by atoms with Gasteiger partial charge in [-0.3, -0.25) is 9.59 Å². The lowest BCUT2D eigenvalue weighted by molar-refractivity contribution is -0.127. The lowest BCUT2D eigenvalue weighted by atomic mass is 9.80. The summed E-state index contributed by atoms with van der Waals surface area (Å²) in [5, 5.41) is 0. The molecule has 18 heavy (non-hydrogen) atoms. The van der Waals surface area contributed by atoms with Gasteiger partial charge in [0.1, 0.15) is 0 Å². The van der Waals surface area contributed by atoms with Gasteiger partial charge in [-0.2, -0.15) is 0 Å². The van der Waals surface area contributed by atoms with Gasteiger partial charge in [0.2, 0.25) is 11.8 Å². The number of hydrogen-bond acceptors (Lipinski definition) is 4. The average Bonchev–Trinajstić information content (AvgIpc) is 2.28. The van der Waals surface area contributed by atoms with Crippen molar-refractivity contribution < 1.29 is 9.59 Å². The van der Waals surface area contributed by atoms with Crippen molar-refractivity contribution in [2.24, 2.45) is 16.9 Å². The van der Waals surface area contributed by atoms with Crippen LogP contribution in [0.3, 0.4) is 0 Å². The van der Waals surface area contributed by atoms with Gasteiger partial charge in [-0.1, -0.05) is 48.3 Å². The van der Waals surface area contributed by atoms with Crippen molar-refractivity contribution in [3.63, 3.8) is 0 Å². The number of amides is 2. The molecule has 0 saturated heterocycles. The predicted molar refractivity (Wildman–Crippen MR) is 80.2 cm³/mol. The first-order chi connectivity index (χ1) is 8.48. The summed E-state index contributed by atoms with van der Waals surface area (Å²) in [7, 11) is 3.20. The third kappa shape index (κ3) is 6.54. The second kappa shape index (κ2) is 9.55. The Labute approximate surface area is 117 Å². The standard InChI is InChI=1S/C12H24N2O2S2/c1-3-6-12(7-4-2,11(14)16)9-18-17-8-5-10(13)15/h3-9H2,1-2H3,(H2,13,15)(H2,14,16). The molecule has 0 aromatic carbocycles. The van der Waals surface area contributed by atoms with Crippen molar-refractivity contribution >= 4 is 33.4 Å². The molecule has 4 nitrogen and oxygen atoms in total. The van der Waals surface area contributed by atoms with Crippen LogP contribution in [0.2, 0.25) is 0 Å². The number of carbonyl (C=O) groups is 2. The van der Waals surface area contributed by atoms with E-state index in [0.29, 0.717) is 17.9 Å². The topological polar surface area (TPSA) is 86.2 Å². The van der Waals surface area contributed by atoms with Gasteiger partial charge in [-0.15, -0.1) is 0 Å². The Bertz CT molecular complexity index is 267. The van der Waals surface area contributed by atoms with Crippen LogP contribution in [0, 0.1) is 5.41 Å². The smallest absolute Gasteiger partial charge is 0.224 e. The van der Waals surface area contributed by atoms with E-state index >= 15 is 0 Å². The van der Waals surface area contributed by atoms with Gasteiger partial charge in [-0.25, -0.2) is 0 Å². The van der Waals surface area contributed by atoms with Crippen molar-refractivity contribution in [1.82, 2.24) is 0 Å². The zero-order valence-electron chi connectivity index (χ0n) is 11.2. The quantitative estimate of drug-likeness (QED) is 0.452. The fraction of sp³-hybridized carbons (Fsp3) is 0.833. The fourth-order valence-corrected chi connectivity index (χ4v) is 4.57. The maximum absolute atomic E-state index is 11.7. The summed E-state index contributed by atoms with van der Waals surface area (Å²) in [6.07, 6.45) is 3.95. The lowest BCUT2D eigenvalue weighted by Gasteiger charge is -2.29. The third-order valence-corrected chi connectivity index (χ3v) is 5.39. The van der Waals surface area contributed by atoms with Crippen LogP contribution in [0.1, 0.15) is 46.0 Å². The molecule has 0 aromatic heterocycles. The number of primary amides is 2. The van der Waals surface area contributed by atoms with Crippen molar-refractivity contribution in [1.29, 1.82) is 0 Å². The van der Waals surface area contributed by atoms with Crippen LogP contribution >= 0.6 is 21.6 Å². The van der Waals surface area contributed by atoms with Crippen molar-refractivity contribution in [3.8, 4) is 0 Å². The highest BCUT2D eigenvalue weighted by molar-refractivity contribution is 8.76. The van der Waals surface area contributed by atoms with Gasteiger partial charge in [0.25, 0.3) is 0 Å². The van der Waals surface area contributed by atoms with Gasteiger partial charge in [0.15, 0.2) is 0 Å². The molecule has 0 unspecified atom stereocenters. The molecule has 0 fully saturated rings. The molecular weight excluding hydrogens is 268 g/mol. The van der Waals surface area contributed by atoms with Crippen LogP contribution in [0.25, 0.3) is 0 Å². The first-order valence-corrected chi connectivity index (χ1v) is 8.80. The summed E-state index contributed by atoms with van der Waals surface area (Å²) in [6.45, 7) is 4.14. The van der Waals surface area contributed by atoms with Gasteiger partial charge < -0.3 is 11.5 Å². The van der Waals surface area contributed by atoms with Crippen molar-refractivity contribution in [3.05, 3.63) is 0 Å². The second-order valence-electron chi connectivity index (χ2n) is 4.45. The Balaban J connectivity index is 4.22. The summed E-state index contributed by atoms with van der Waals surface area (Å²) in [5.74, 6) is 0.918. The molecule has 0 aromatic rings. The molecule has 0 atom stereocenters. The number of nitrogens with two attached hydrogens (primary N) is 2. The molecule has 0 aliphatic carbocycles. The molecule has 0 saturated carbocycles. The van der Waals surface area contributed by atoms with Crippen LogP contribution in [-0.2, 0) is 9.59 Å². The van der Waals surface area contributed by atoms with Crippen LogP contribution in [-0.4, -0.2) is 23.3 Å². The Hall–Kier alpha value is -0.360. The van der Waals surface area contributed by atoms with Gasteiger partial charge >= 0.3 is 0 Å². The third-order valence-electron chi connectivity index (χ3n) is 2.83. The van der Waals surface area contributed by atoms with Crippen LogP contribution in [0.15, 0.2) is 0 Å². The first kappa shape index (κ1) is 17.6. The van der Waals surface area contributed by atoms with E-state index in [4.69, 9.17) is 11.5 Å². The van der Waals surface area contributed by atoms with Gasteiger partial charge in [0.05, 0.1) is 5.41 Å². The average molecular weight is 292 g/mol. The highest BCUT2D eigenvalue weighted by Gasteiger charge is 2.34. The van der Waals surface area contributed by atoms with Crippen LogP contribution in [0.5, 0.6) is 0 Å². The largest absolute Gasteiger partial charge is 0.370 e. The van der Waals surface area contributed by atoms with Gasteiger partial charge in [0, 0.05) is 17.9 Å². The van der Waals surface area contributed by atoms with E-state index in [9.17, 15) is 9.59 Å². The summed E-state index contributed by atoms with van der Waals surface area (Å²) >= 11 is 0. The molecule has 0 radical (unpaired) electrons. The SMILES string of the molecule is CCCC(CCC)(CSSCCC(N)=O)C(N)=O. The Kier molecular flexibility index (Phi) is 9.36. The molecule has 0 aliphatic heterocycles. The first-order valence-electron chi connectivity index (χ1n) is 6.31. The maximum Gasteiger partial charge on any atom is 0.224 e. The summed E-state index contributed by atoms with van der Waals surface area (Å²) in [5.41, 5.74) is 10.2. The molecule has 6 heteroatoms. The van der Waals surface area contributed by atoms with E-state index in [1.165, 1.54) is 0 Å². The van der Waals surface area contributed by atoms with Crippen LogP contribution in [0.4, 0.5) is 0 Å². The minimum absolute atomic E-state index is 0.200. The van der Waals surface area contributed by atoms with Crippen LogP contribution < -0.4 is 11.5 Å². The summed E-state index contributed by atoms with van der Waals surface area (Å²) in [4.78, 5) is 22.3. The molecule has 0 rings (SSSR count). The summed E-state index contributed by atoms with van der Waals surface area (Å²) < 4.78 is 0. The lowest BCUT2D eigenvalue weighted by Crippen LogP contribution is -2.39. The maximum atomic E-state index is 11.7. The van der Waals surface area contributed by atoms with Crippen molar-refractivity contribution in [2.45, 2.75) is 46.0 Å². The number of hydrogen-bond donors (Lipinski definition) is 2. The molecule has 0 aliphatic rings. The van der Waals surface area contributed by atoms with E-state index in [-0.39, 0.29) is 11.8 Å². The normalized spacial score (nSPS) is 11.4. The molecule has 2 amide bonds. The Morgan fingerprint density at radius 2 is 1.61 bits per heavy atom. The second-order valence-corrected chi connectivity index (χ2v) is 7.03. The molecule has 0 bridgehead atoms. The van der Waals surface area contributed by atoms with E-state index in [1.54, 1.807) is 21.6 Å². The fourth-order valence-electron chi connectivity index (χ4n) is 1.90. The Morgan fingerprint density at radius 3 is 2.00 bits per heavy atom. The highest BCUT2D eigenvalue weighted by atomic mass is 33.1. The zero-order valence-corrected chi connectivity index (χ0v) is 12.9. The summed E-state index contributed by atoms with van der Waals surface area (Å²) in [6, 6.07) is 0. The molecule has 0 heterocycles. The minimum atomic E-state index is -0.395. The van der Waals surface area contributed by atoms with Gasteiger partial charge in [-0.05, 0) is 12.8 Å². The molecule has 4 N–H and O–H groups in total. The van der Waals surface area contributed by atoms with E-state index < -0.39 is 5.41 Å². The van der Waals surface area contributed by atoms with E-state index in [2.05, 4.69) is 13.8 Å². The number of rotatable bonds is 11. The van der Waals surface area contributed by atoms with E-state index in [0.717, 1.165) is 25.7 Å².